The zero-order valence-electron chi connectivity index (χ0n) is 15.1. The second-order valence-electron chi connectivity index (χ2n) is 7.67. The zero-order chi connectivity index (χ0) is 19.3. The van der Waals surface area contributed by atoms with E-state index in [4.69, 9.17) is 9.31 Å². The van der Waals surface area contributed by atoms with Gasteiger partial charge in [0.1, 0.15) is 5.75 Å². The van der Waals surface area contributed by atoms with Gasteiger partial charge in [0.25, 0.3) is 5.91 Å². The highest BCUT2D eigenvalue weighted by Gasteiger charge is 2.52. The van der Waals surface area contributed by atoms with Crippen LogP contribution in [0, 0.1) is 0 Å². The molecule has 2 aliphatic rings. The molecule has 1 amide bonds. The van der Waals surface area contributed by atoms with E-state index in [9.17, 15) is 18.0 Å². The van der Waals surface area contributed by atoms with Gasteiger partial charge >= 0.3 is 13.5 Å². The van der Waals surface area contributed by atoms with Crippen LogP contribution in [0.1, 0.15) is 50.9 Å². The number of hydrogen-bond acceptors (Lipinski definition) is 4. The van der Waals surface area contributed by atoms with Crippen molar-refractivity contribution >= 4 is 18.5 Å². The lowest BCUT2D eigenvalue weighted by Gasteiger charge is -2.32. The Morgan fingerprint density at radius 1 is 1.15 bits per heavy atom. The number of halogens is 3. The van der Waals surface area contributed by atoms with Gasteiger partial charge in [0.15, 0.2) is 0 Å². The molecule has 1 saturated carbocycles. The predicted molar refractivity (Wildman–Crippen MR) is 89.3 cm³/mol. The highest BCUT2D eigenvalue weighted by Crippen LogP contribution is 2.37. The molecular formula is C17H21BF3NO4. The minimum absolute atomic E-state index is 0.0726. The second kappa shape index (κ2) is 6.16. The lowest BCUT2D eigenvalue weighted by Crippen LogP contribution is -2.41. The molecule has 0 atom stereocenters. The number of amides is 1. The highest BCUT2D eigenvalue weighted by molar-refractivity contribution is 6.62. The van der Waals surface area contributed by atoms with E-state index in [0.29, 0.717) is 5.46 Å². The van der Waals surface area contributed by atoms with Crippen LogP contribution in [0.15, 0.2) is 18.2 Å². The Labute approximate surface area is 150 Å². The van der Waals surface area contributed by atoms with Gasteiger partial charge in [0.05, 0.1) is 11.2 Å². The van der Waals surface area contributed by atoms with Crippen LogP contribution in [0.4, 0.5) is 13.2 Å². The van der Waals surface area contributed by atoms with Crippen LogP contribution in [-0.2, 0) is 9.31 Å². The van der Waals surface area contributed by atoms with Crippen molar-refractivity contribution in [3.05, 3.63) is 23.8 Å². The lowest BCUT2D eigenvalue weighted by molar-refractivity contribution is -0.274. The van der Waals surface area contributed by atoms with Crippen LogP contribution in [0.25, 0.3) is 0 Å². The number of carbonyl (C=O) groups is 1. The number of benzene rings is 1. The number of alkyl halides is 3. The fourth-order valence-electron chi connectivity index (χ4n) is 2.56. The van der Waals surface area contributed by atoms with Crippen molar-refractivity contribution in [3.63, 3.8) is 0 Å². The van der Waals surface area contributed by atoms with Crippen LogP contribution >= 0.6 is 0 Å². The normalized spacial score (nSPS) is 21.6. The first-order valence-electron chi connectivity index (χ1n) is 8.43. The van der Waals surface area contributed by atoms with E-state index >= 15 is 0 Å². The lowest BCUT2D eigenvalue weighted by atomic mass is 9.78. The molecule has 0 bridgehead atoms. The maximum Gasteiger partial charge on any atom is 0.573 e. The van der Waals surface area contributed by atoms with Gasteiger partial charge in [0.2, 0.25) is 0 Å². The van der Waals surface area contributed by atoms with Gasteiger partial charge in [-0.25, -0.2) is 0 Å². The van der Waals surface area contributed by atoms with Gasteiger partial charge in [-0.1, -0.05) is 0 Å². The minimum atomic E-state index is -4.86. The van der Waals surface area contributed by atoms with E-state index in [0.717, 1.165) is 18.9 Å². The number of rotatable bonds is 4. The molecule has 5 nitrogen and oxygen atoms in total. The molecule has 0 radical (unpaired) electrons. The minimum Gasteiger partial charge on any atom is -0.406 e. The zero-order valence-corrected chi connectivity index (χ0v) is 15.1. The summed E-state index contributed by atoms with van der Waals surface area (Å²) in [6.45, 7) is 7.35. The summed E-state index contributed by atoms with van der Waals surface area (Å²) in [5, 5.41) is 2.75. The van der Waals surface area contributed by atoms with Crippen LogP contribution in [0.3, 0.4) is 0 Å². The van der Waals surface area contributed by atoms with E-state index in [1.807, 2.05) is 27.7 Å². The van der Waals surface area contributed by atoms with E-state index < -0.39 is 36.3 Å². The first-order chi connectivity index (χ1) is 11.9. The molecule has 0 spiro atoms. The summed E-state index contributed by atoms with van der Waals surface area (Å²) in [7, 11) is -0.899. The van der Waals surface area contributed by atoms with Crippen molar-refractivity contribution in [1.29, 1.82) is 0 Å². The molecule has 0 aromatic heterocycles. The molecule has 1 aromatic carbocycles. The van der Waals surface area contributed by atoms with Gasteiger partial charge < -0.3 is 19.4 Å². The van der Waals surface area contributed by atoms with E-state index in [-0.39, 0.29) is 11.6 Å². The summed E-state index contributed by atoms with van der Waals surface area (Å²) in [5.41, 5.74) is -0.945. The molecule has 1 aromatic rings. The average molecular weight is 371 g/mol. The number of hydrogen-bond donors (Lipinski definition) is 1. The third kappa shape index (κ3) is 4.15. The quantitative estimate of drug-likeness (QED) is 0.828. The molecule has 26 heavy (non-hydrogen) atoms. The van der Waals surface area contributed by atoms with E-state index in [1.54, 1.807) is 0 Å². The van der Waals surface area contributed by atoms with Crippen molar-refractivity contribution in [1.82, 2.24) is 5.32 Å². The second-order valence-corrected chi connectivity index (χ2v) is 7.67. The van der Waals surface area contributed by atoms with Gasteiger partial charge in [-0.15, -0.1) is 13.2 Å². The topological polar surface area (TPSA) is 56.8 Å². The maximum atomic E-state index is 12.7. The van der Waals surface area contributed by atoms with Crippen LogP contribution in [0.2, 0.25) is 0 Å². The van der Waals surface area contributed by atoms with Crippen LogP contribution in [0.5, 0.6) is 5.75 Å². The first kappa shape index (κ1) is 19.0. The molecule has 9 heteroatoms. The monoisotopic (exact) mass is 371 g/mol. The van der Waals surface area contributed by atoms with Gasteiger partial charge in [-0.2, -0.15) is 0 Å². The molecule has 0 unspecified atom stereocenters. The summed E-state index contributed by atoms with van der Waals surface area (Å²) in [6.07, 6.45) is -3.12. The first-order valence-corrected chi connectivity index (χ1v) is 8.43. The molecule has 1 heterocycles. The Hall–Kier alpha value is -1.74. The fraction of sp³-hybridized carbons (Fsp3) is 0.588. The largest absolute Gasteiger partial charge is 0.573 e. The molecule has 2 fully saturated rings. The summed E-state index contributed by atoms with van der Waals surface area (Å²) < 4.78 is 53.8. The van der Waals surface area contributed by atoms with Crippen molar-refractivity contribution in [2.24, 2.45) is 0 Å². The number of carbonyl (C=O) groups excluding carboxylic acids is 1. The number of nitrogens with one attached hydrogen (secondary N) is 1. The van der Waals surface area contributed by atoms with Gasteiger partial charge in [0, 0.05) is 11.6 Å². The third-order valence-electron chi connectivity index (χ3n) is 4.86. The molecule has 1 aliphatic heterocycles. The fourth-order valence-corrected chi connectivity index (χ4v) is 2.56. The molecule has 1 N–H and O–H groups in total. The van der Waals surface area contributed by atoms with Crippen LogP contribution in [-0.4, -0.2) is 36.6 Å². The SMILES string of the molecule is CC1(C)OB(c2cc(OC(F)(F)F)cc(C(=O)NC3CC3)c2)OC1(C)C. The summed E-state index contributed by atoms with van der Waals surface area (Å²) in [4.78, 5) is 12.3. The summed E-state index contributed by atoms with van der Waals surface area (Å²) >= 11 is 0. The standard InChI is InChI=1S/C17H21BF3NO4/c1-15(2)16(3,4)26-18(25-15)11-7-10(14(23)22-12-5-6-12)8-13(9-11)24-17(19,20)21/h7-9,12H,5-6H2,1-4H3,(H,22,23). The molecule has 3 rings (SSSR count). The molecular weight excluding hydrogens is 350 g/mol. The molecule has 1 aliphatic carbocycles. The van der Waals surface area contributed by atoms with Gasteiger partial charge in [-0.3, -0.25) is 4.79 Å². The number of ether oxygens (including phenoxy) is 1. The molecule has 1 saturated heterocycles. The Bertz CT molecular complexity index is 700. The Morgan fingerprint density at radius 2 is 1.73 bits per heavy atom. The third-order valence-corrected chi connectivity index (χ3v) is 4.86. The average Bonchev–Trinajstić information content (AvgIpc) is 3.23. The Morgan fingerprint density at radius 3 is 2.23 bits per heavy atom. The van der Waals surface area contributed by atoms with Crippen molar-refractivity contribution in [2.45, 2.75) is 64.1 Å². The summed E-state index contributed by atoms with van der Waals surface area (Å²) in [6, 6.07) is 3.81. The Kier molecular flexibility index (Phi) is 4.51. The van der Waals surface area contributed by atoms with E-state index in [2.05, 4.69) is 10.1 Å². The maximum absolute atomic E-state index is 12.7. The van der Waals surface area contributed by atoms with E-state index in [1.165, 1.54) is 12.1 Å². The smallest absolute Gasteiger partial charge is 0.406 e. The molecule has 142 valence electrons. The predicted octanol–water partition coefficient (Wildman–Crippen LogP) is 2.78. The summed E-state index contributed by atoms with van der Waals surface area (Å²) in [5.74, 6) is -0.927. The van der Waals surface area contributed by atoms with Crippen LogP contribution < -0.4 is 15.5 Å². The van der Waals surface area contributed by atoms with Crippen molar-refractivity contribution in [2.75, 3.05) is 0 Å². The van der Waals surface area contributed by atoms with Gasteiger partial charge in [-0.05, 0) is 64.2 Å². The van der Waals surface area contributed by atoms with Crippen molar-refractivity contribution < 1.29 is 32.0 Å². The highest BCUT2D eigenvalue weighted by atomic mass is 19.4. The Balaban J connectivity index is 1.93. The van der Waals surface area contributed by atoms with Crippen molar-refractivity contribution in [3.8, 4) is 5.75 Å².